The van der Waals surface area contributed by atoms with Gasteiger partial charge in [0.2, 0.25) is 5.91 Å². The topological polar surface area (TPSA) is 46.9 Å². The van der Waals surface area contributed by atoms with Crippen LogP contribution in [0.2, 0.25) is 0 Å². The summed E-state index contributed by atoms with van der Waals surface area (Å²) >= 11 is 1.56. The fourth-order valence-corrected chi connectivity index (χ4v) is 3.39. The summed E-state index contributed by atoms with van der Waals surface area (Å²) in [5.41, 5.74) is 2.15. The summed E-state index contributed by atoms with van der Waals surface area (Å²) in [7, 11) is 0. The highest BCUT2D eigenvalue weighted by Crippen LogP contribution is 2.29. The zero-order valence-corrected chi connectivity index (χ0v) is 14.2. The number of rotatable bonds is 6. The van der Waals surface area contributed by atoms with Gasteiger partial charge in [-0.3, -0.25) is 4.79 Å². The summed E-state index contributed by atoms with van der Waals surface area (Å²) in [5, 5.41) is 3.89. The second-order valence-corrected chi connectivity index (χ2v) is 7.74. The molecule has 0 aliphatic heterocycles. The van der Waals surface area contributed by atoms with E-state index in [-0.39, 0.29) is 11.2 Å². The van der Waals surface area contributed by atoms with E-state index < -0.39 is 0 Å². The molecule has 3 rings (SSSR count). The Hall–Kier alpha value is -1.49. The maximum atomic E-state index is 12.2. The quantitative estimate of drug-likeness (QED) is 0.830. The second kappa shape index (κ2) is 6.32. The highest BCUT2D eigenvalue weighted by atomic mass is 32.2. The molecule has 2 aromatic rings. The molecule has 22 heavy (non-hydrogen) atoms. The van der Waals surface area contributed by atoms with Gasteiger partial charge in [0.1, 0.15) is 0 Å². The van der Waals surface area contributed by atoms with Gasteiger partial charge >= 0.3 is 0 Å². The minimum absolute atomic E-state index is 0.121. The largest absolute Gasteiger partial charge is 0.352 e. The van der Waals surface area contributed by atoms with Crippen LogP contribution < -0.4 is 5.32 Å². The molecule has 1 saturated carbocycles. The van der Waals surface area contributed by atoms with Crippen molar-refractivity contribution in [2.45, 2.75) is 56.6 Å². The summed E-state index contributed by atoms with van der Waals surface area (Å²) in [6.07, 6.45) is 2.24. The lowest BCUT2D eigenvalue weighted by Crippen LogP contribution is -2.32. The predicted octanol–water partition coefficient (Wildman–Crippen LogP) is 3.45. The number of nitrogens with one attached hydrogen (secondary N) is 1. The molecule has 0 radical (unpaired) electrons. The van der Waals surface area contributed by atoms with Gasteiger partial charge in [0.05, 0.1) is 16.3 Å². The molecular formula is C17H23N3OS. The van der Waals surface area contributed by atoms with Crippen molar-refractivity contribution >= 4 is 28.7 Å². The molecule has 1 aliphatic rings. The van der Waals surface area contributed by atoms with Gasteiger partial charge < -0.3 is 9.88 Å². The third-order valence-electron chi connectivity index (χ3n) is 3.74. The smallest absolute Gasteiger partial charge is 0.233 e. The summed E-state index contributed by atoms with van der Waals surface area (Å²) < 4.78 is 2.24. The number of fused-ring (bicyclic) bond motifs is 1. The Morgan fingerprint density at radius 1 is 1.36 bits per heavy atom. The lowest BCUT2D eigenvalue weighted by molar-refractivity contribution is -0.120. The molecule has 0 bridgehead atoms. The van der Waals surface area contributed by atoms with Crippen molar-refractivity contribution < 1.29 is 4.79 Å². The minimum atomic E-state index is -0.122. The summed E-state index contributed by atoms with van der Waals surface area (Å²) in [4.78, 5) is 16.9. The van der Waals surface area contributed by atoms with Crippen molar-refractivity contribution in [1.82, 2.24) is 14.9 Å². The van der Waals surface area contributed by atoms with Crippen LogP contribution in [-0.2, 0) is 11.3 Å². The van der Waals surface area contributed by atoms with Gasteiger partial charge in [0, 0.05) is 12.6 Å². The summed E-state index contributed by atoms with van der Waals surface area (Å²) in [5.74, 6) is 0.656. The molecule has 4 nitrogen and oxygen atoms in total. The van der Waals surface area contributed by atoms with E-state index in [1.165, 1.54) is 0 Å². The molecule has 1 N–H and O–H groups in total. The van der Waals surface area contributed by atoms with Crippen molar-refractivity contribution in [3.63, 3.8) is 0 Å². The third kappa shape index (κ3) is 3.46. The molecule has 0 unspecified atom stereocenters. The SMILES string of the molecule is CC(C)Cn1c(S[C@H](C)C(=O)NC2CC2)nc2ccccc21. The number of carbonyl (C=O) groups excluding carboxylic acids is 1. The number of benzene rings is 1. The molecule has 1 aromatic heterocycles. The van der Waals surface area contributed by atoms with E-state index in [1.54, 1.807) is 11.8 Å². The number of thioether (sulfide) groups is 1. The van der Waals surface area contributed by atoms with Crippen LogP contribution in [0.1, 0.15) is 33.6 Å². The number of aromatic nitrogens is 2. The Morgan fingerprint density at radius 2 is 2.09 bits per heavy atom. The van der Waals surface area contributed by atoms with E-state index in [0.29, 0.717) is 12.0 Å². The molecule has 1 heterocycles. The molecule has 1 atom stereocenters. The number of amides is 1. The van der Waals surface area contributed by atoms with Crippen molar-refractivity contribution in [1.29, 1.82) is 0 Å². The number of para-hydroxylation sites is 2. The number of hydrogen-bond donors (Lipinski definition) is 1. The van der Waals surface area contributed by atoms with Crippen LogP contribution in [0, 0.1) is 5.92 Å². The maximum absolute atomic E-state index is 12.2. The van der Waals surface area contributed by atoms with E-state index in [0.717, 1.165) is 35.6 Å². The molecule has 1 amide bonds. The van der Waals surface area contributed by atoms with E-state index in [2.05, 4.69) is 29.8 Å². The van der Waals surface area contributed by atoms with Crippen LogP contribution >= 0.6 is 11.8 Å². The maximum Gasteiger partial charge on any atom is 0.233 e. The van der Waals surface area contributed by atoms with Crippen molar-refractivity contribution in [2.24, 2.45) is 5.92 Å². The number of carbonyl (C=O) groups is 1. The van der Waals surface area contributed by atoms with Gasteiger partial charge in [0.15, 0.2) is 5.16 Å². The van der Waals surface area contributed by atoms with Crippen LogP contribution in [-0.4, -0.2) is 26.8 Å². The van der Waals surface area contributed by atoms with Gasteiger partial charge in [-0.25, -0.2) is 4.98 Å². The van der Waals surface area contributed by atoms with Gasteiger partial charge in [-0.2, -0.15) is 0 Å². The number of nitrogens with zero attached hydrogens (tertiary/aromatic N) is 2. The molecule has 1 aliphatic carbocycles. The molecule has 5 heteroatoms. The first kappa shape index (κ1) is 15.4. The Kier molecular flexibility index (Phi) is 4.43. The predicted molar refractivity (Wildman–Crippen MR) is 91.1 cm³/mol. The van der Waals surface area contributed by atoms with Crippen LogP contribution in [0.3, 0.4) is 0 Å². The van der Waals surface area contributed by atoms with Crippen LogP contribution in [0.25, 0.3) is 11.0 Å². The van der Waals surface area contributed by atoms with E-state index in [4.69, 9.17) is 4.98 Å². The Morgan fingerprint density at radius 3 is 2.77 bits per heavy atom. The summed E-state index contributed by atoms with van der Waals surface area (Å²) in [6, 6.07) is 8.59. The van der Waals surface area contributed by atoms with Crippen molar-refractivity contribution in [3.8, 4) is 0 Å². The zero-order chi connectivity index (χ0) is 15.7. The van der Waals surface area contributed by atoms with Gasteiger partial charge in [-0.1, -0.05) is 37.7 Å². The fraction of sp³-hybridized carbons (Fsp3) is 0.529. The first-order valence-electron chi connectivity index (χ1n) is 7.97. The number of hydrogen-bond acceptors (Lipinski definition) is 3. The molecular weight excluding hydrogens is 294 g/mol. The average molecular weight is 317 g/mol. The van der Waals surface area contributed by atoms with Gasteiger partial charge in [-0.15, -0.1) is 0 Å². The van der Waals surface area contributed by atoms with E-state index >= 15 is 0 Å². The fourth-order valence-electron chi connectivity index (χ4n) is 2.44. The first-order chi connectivity index (χ1) is 10.5. The third-order valence-corrected chi connectivity index (χ3v) is 4.83. The molecule has 0 saturated heterocycles. The Labute approximate surface area is 135 Å². The standard InChI is InChI=1S/C17H23N3OS/c1-11(2)10-20-15-7-5-4-6-14(15)19-17(20)22-12(3)16(21)18-13-8-9-13/h4-7,11-13H,8-10H2,1-3H3,(H,18,21)/t12-/m1/s1. The van der Waals surface area contributed by atoms with Crippen molar-refractivity contribution in [2.75, 3.05) is 0 Å². The van der Waals surface area contributed by atoms with E-state index in [9.17, 15) is 4.79 Å². The zero-order valence-electron chi connectivity index (χ0n) is 13.4. The van der Waals surface area contributed by atoms with Crippen LogP contribution in [0.4, 0.5) is 0 Å². The van der Waals surface area contributed by atoms with E-state index in [1.807, 2.05) is 25.1 Å². The lowest BCUT2D eigenvalue weighted by atomic mass is 10.2. The minimum Gasteiger partial charge on any atom is -0.352 e. The Bertz CT molecular complexity index is 676. The summed E-state index contributed by atoms with van der Waals surface area (Å²) in [6.45, 7) is 7.28. The highest BCUT2D eigenvalue weighted by Gasteiger charge is 2.27. The van der Waals surface area contributed by atoms with Gasteiger partial charge in [0.25, 0.3) is 0 Å². The normalized spacial score (nSPS) is 16.2. The second-order valence-electron chi connectivity index (χ2n) is 6.43. The molecule has 1 aromatic carbocycles. The average Bonchev–Trinajstić information content (AvgIpc) is 3.22. The molecule has 1 fully saturated rings. The first-order valence-corrected chi connectivity index (χ1v) is 8.85. The lowest BCUT2D eigenvalue weighted by Gasteiger charge is -2.14. The van der Waals surface area contributed by atoms with Crippen LogP contribution in [0.15, 0.2) is 29.4 Å². The monoisotopic (exact) mass is 317 g/mol. The molecule has 0 spiro atoms. The van der Waals surface area contributed by atoms with Crippen LogP contribution in [0.5, 0.6) is 0 Å². The Balaban J connectivity index is 1.83. The van der Waals surface area contributed by atoms with Crippen molar-refractivity contribution in [3.05, 3.63) is 24.3 Å². The molecule has 118 valence electrons. The number of imidazole rings is 1. The van der Waals surface area contributed by atoms with Gasteiger partial charge in [-0.05, 0) is 37.8 Å². The highest BCUT2D eigenvalue weighted by molar-refractivity contribution is 8.00.